The van der Waals surface area contributed by atoms with Crippen LogP contribution in [0.2, 0.25) is 0 Å². The number of methoxy groups -OCH3 is 3. The molecule has 0 aliphatic heterocycles. The number of ketones is 1. The van der Waals surface area contributed by atoms with Crippen LogP contribution in [0.5, 0.6) is 11.5 Å². The second kappa shape index (κ2) is 7.78. The van der Waals surface area contributed by atoms with Gasteiger partial charge in [0.05, 0.1) is 32.6 Å². The van der Waals surface area contributed by atoms with Crippen molar-refractivity contribution in [2.45, 2.75) is 0 Å². The minimum atomic E-state index is -0.531. The molecule has 0 spiro atoms. The van der Waals surface area contributed by atoms with Gasteiger partial charge in [-0.05, 0) is 17.7 Å². The van der Waals surface area contributed by atoms with Crippen LogP contribution in [0.25, 0.3) is 11.1 Å². The van der Waals surface area contributed by atoms with Crippen LogP contribution in [0, 0.1) is 0 Å². The summed E-state index contributed by atoms with van der Waals surface area (Å²) in [5.74, 6) is -0.116. The van der Waals surface area contributed by atoms with Crippen molar-refractivity contribution in [3.8, 4) is 22.6 Å². The van der Waals surface area contributed by atoms with E-state index in [-0.39, 0.29) is 22.6 Å². The molecule has 1 N–H and O–H groups in total. The first kappa shape index (κ1) is 18.3. The smallest absolute Gasteiger partial charge is 0.340 e. The zero-order valence-corrected chi connectivity index (χ0v) is 15.2. The lowest BCUT2D eigenvalue weighted by Gasteiger charge is -2.13. The van der Waals surface area contributed by atoms with Gasteiger partial charge in [-0.15, -0.1) is 0 Å². The number of carbonyl (C=O) groups excluding carboxylic acids is 2. The first-order valence-corrected chi connectivity index (χ1v) is 8.23. The molecule has 6 heteroatoms. The SMILES string of the molecule is COC(=O)c1c[nH]c(C(=O)c2c(OC)cccc2OC)c1-c1ccccc1. The summed E-state index contributed by atoms with van der Waals surface area (Å²) >= 11 is 0. The van der Waals surface area contributed by atoms with Crippen molar-refractivity contribution in [2.75, 3.05) is 21.3 Å². The zero-order valence-electron chi connectivity index (χ0n) is 15.2. The van der Waals surface area contributed by atoms with Crippen LogP contribution in [0.4, 0.5) is 0 Å². The van der Waals surface area contributed by atoms with Gasteiger partial charge in [-0.2, -0.15) is 0 Å². The van der Waals surface area contributed by atoms with E-state index in [1.807, 2.05) is 30.3 Å². The zero-order chi connectivity index (χ0) is 19.4. The summed E-state index contributed by atoms with van der Waals surface area (Å²) in [7, 11) is 4.27. The third-order valence-electron chi connectivity index (χ3n) is 4.23. The van der Waals surface area contributed by atoms with Crippen LogP contribution in [0.15, 0.2) is 54.7 Å². The van der Waals surface area contributed by atoms with Gasteiger partial charge in [-0.3, -0.25) is 4.79 Å². The Morgan fingerprint density at radius 1 is 0.852 bits per heavy atom. The molecule has 0 aliphatic rings. The Labute approximate surface area is 156 Å². The second-order valence-corrected chi connectivity index (χ2v) is 5.68. The summed E-state index contributed by atoms with van der Waals surface area (Å²) in [4.78, 5) is 28.5. The van der Waals surface area contributed by atoms with Gasteiger partial charge in [0.15, 0.2) is 0 Å². The maximum atomic E-state index is 13.4. The Bertz CT molecular complexity index is 953. The summed E-state index contributed by atoms with van der Waals surface area (Å²) < 4.78 is 15.6. The monoisotopic (exact) mass is 365 g/mol. The molecule has 0 bridgehead atoms. The van der Waals surface area contributed by atoms with Crippen LogP contribution < -0.4 is 9.47 Å². The molecule has 0 saturated heterocycles. The molecule has 138 valence electrons. The molecule has 2 aromatic carbocycles. The highest BCUT2D eigenvalue weighted by Crippen LogP contribution is 2.35. The standard InChI is InChI=1S/C21H19NO5/c1-25-15-10-7-11-16(26-2)18(15)20(23)19-17(13-8-5-4-6-9-13)14(12-22-19)21(24)27-3/h4-12,22H,1-3H3. The number of aromatic nitrogens is 1. The van der Waals surface area contributed by atoms with Gasteiger partial charge in [0.25, 0.3) is 0 Å². The number of aromatic amines is 1. The molecular weight excluding hydrogens is 346 g/mol. The maximum Gasteiger partial charge on any atom is 0.340 e. The maximum absolute atomic E-state index is 13.4. The van der Waals surface area contributed by atoms with E-state index < -0.39 is 5.97 Å². The second-order valence-electron chi connectivity index (χ2n) is 5.68. The molecule has 0 saturated carbocycles. The Hall–Kier alpha value is -3.54. The first-order chi connectivity index (χ1) is 13.1. The number of hydrogen-bond donors (Lipinski definition) is 1. The lowest BCUT2D eigenvalue weighted by atomic mass is 9.96. The van der Waals surface area contributed by atoms with Gasteiger partial charge in [-0.25, -0.2) is 4.79 Å². The molecule has 0 atom stereocenters. The number of esters is 1. The minimum Gasteiger partial charge on any atom is -0.496 e. The Kier molecular flexibility index (Phi) is 5.26. The molecule has 0 fully saturated rings. The normalized spacial score (nSPS) is 10.3. The molecule has 0 radical (unpaired) electrons. The molecule has 3 rings (SSSR count). The molecule has 1 heterocycles. The van der Waals surface area contributed by atoms with Gasteiger partial charge in [0, 0.05) is 11.8 Å². The topological polar surface area (TPSA) is 77.6 Å². The fraction of sp³-hybridized carbons (Fsp3) is 0.143. The van der Waals surface area contributed by atoms with Crippen LogP contribution >= 0.6 is 0 Å². The van der Waals surface area contributed by atoms with Crippen molar-refractivity contribution < 1.29 is 23.8 Å². The van der Waals surface area contributed by atoms with E-state index in [0.29, 0.717) is 17.1 Å². The lowest BCUT2D eigenvalue weighted by Crippen LogP contribution is -2.09. The van der Waals surface area contributed by atoms with Crippen molar-refractivity contribution >= 4 is 11.8 Å². The average molecular weight is 365 g/mol. The van der Waals surface area contributed by atoms with Gasteiger partial charge >= 0.3 is 5.97 Å². The highest BCUT2D eigenvalue weighted by Gasteiger charge is 2.27. The van der Waals surface area contributed by atoms with Crippen LogP contribution in [0.3, 0.4) is 0 Å². The number of benzene rings is 2. The molecule has 1 aromatic heterocycles. The van der Waals surface area contributed by atoms with E-state index in [1.165, 1.54) is 27.5 Å². The fourth-order valence-corrected chi connectivity index (χ4v) is 2.98. The summed E-state index contributed by atoms with van der Waals surface area (Å²) in [6.45, 7) is 0. The Balaban J connectivity index is 2.23. The summed E-state index contributed by atoms with van der Waals surface area (Å²) in [6, 6.07) is 14.3. The lowest BCUT2D eigenvalue weighted by molar-refractivity contribution is 0.0601. The first-order valence-electron chi connectivity index (χ1n) is 8.23. The van der Waals surface area contributed by atoms with Gasteiger partial charge in [-0.1, -0.05) is 36.4 Å². The third kappa shape index (κ3) is 3.29. The van der Waals surface area contributed by atoms with Gasteiger partial charge < -0.3 is 19.2 Å². The molecule has 0 amide bonds. The Morgan fingerprint density at radius 2 is 1.48 bits per heavy atom. The Morgan fingerprint density at radius 3 is 2.04 bits per heavy atom. The van der Waals surface area contributed by atoms with E-state index in [1.54, 1.807) is 18.2 Å². The van der Waals surface area contributed by atoms with Crippen molar-refractivity contribution in [3.63, 3.8) is 0 Å². The average Bonchev–Trinajstić information content (AvgIpc) is 3.17. The van der Waals surface area contributed by atoms with Gasteiger partial charge in [0.2, 0.25) is 5.78 Å². The van der Waals surface area contributed by atoms with E-state index in [4.69, 9.17) is 14.2 Å². The van der Waals surface area contributed by atoms with Crippen LogP contribution in [-0.2, 0) is 4.74 Å². The number of nitrogens with one attached hydrogen (secondary N) is 1. The number of hydrogen-bond acceptors (Lipinski definition) is 5. The summed E-state index contributed by atoms with van der Waals surface area (Å²) in [6.07, 6.45) is 1.48. The predicted molar refractivity (Wildman–Crippen MR) is 101 cm³/mol. The molecule has 3 aromatic rings. The van der Waals surface area contributed by atoms with E-state index in [2.05, 4.69) is 4.98 Å². The number of ether oxygens (including phenoxy) is 3. The summed E-state index contributed by atoms with van der Waals surface area (Å²) in [5, 5.41) is 0. The van der Waals surface area contributed by atoms with E-state index in [0.717, 1.165) is 5.56 Å². The van der Waals surface area contributed by atoms with E-state index in [9.17, 15) is 9.59 Å². The molecule has 6 nitrogen and oxygen atoms in total. The van der Waals surface area contributed by atoms with Crippen LogP contribution in [-0.4, -0.2) is 38.1 Å². The third-order valence-corrected chi connectivity index (χ3v) is 4.23. The minimum absolute atomic E-state index is 0.254. The molecule has 27 heavy (non-hydrogen) atoms. The highest BCUT2D eigenvalue weighted by atomic mass is 16.5. The number of H-pyrrole nitrogens is 1. The highest BCUT2D eigenvalue weighted by molar-refractivity contribution is 6.17. The van der Waals surface area contributed by atoms with Crippen molar-refractivity contribution in [1.82, 2.24) is 4.98 Å². The van der Waals surface area contributed by atoms with Crippen LogP contribution in [0.1, 0.15) is 26.4 Å². The fourth-order valence-electron chi connectivity index (χ4n) is 2.98. The molecule has 0 unspecified atom stereocenters. The quantitative estimate of drug-likeness (QED) is 0.532. The number of carbonyl (C=O) groups is 2. The van der Waals surface area contributed by atoms with Crippen molar-refractivity contribution in [3.05, 3.63) is 71.5 Å². The molecular formula is C21H19NO5. The summed E-state index contributed by atoms with van der Waals surface area (Å²) in [5.41, 5.74) is 2.00. The largest absolute Gasteiger partial charge is 0.496 e. The van der Waals surface area contributed by atoms with Crippen molar-refractivity contribution in [2.24, 2.45) is 0 Å². The predicted octanol–water partition coefficient (Wildman–Crippen LogP) is 3.72. The van der Waals surface area contributed by atoms with Crippen molar-refractivity contribution in [1.29, 1.82) is 0 Å². The molecule has 0 aliphatic carbocycles. The van der Waals surface area contributed by atoms with E-state index >= 15 is 0 Å². The number of rotatable bonds is 6. The van der Waals surface area contributed by atoms with Gasteiger partial charge in [0.1, 0.15) is 17.1 Å².